The number of benzene rings is 2. The summed E-state index contributed by atoms with van der Waals surface area (Å²) in [6.07, 6.45) is 0. The number of ether oxygens (including phenoxy) is 1. The molecule has 4 heteroatoms. The molecule has 0 saturated heterocycles. The van der Waals surface area contributed by atoms with Crippen LogP contribution < -0.4 is 4.74 Å². The summed E-state index contributed by atoms with van der Waals surface area (Å²) in [5.41, 5.74) is 0.770. The number of halogens is 2. The van der Waals surface area contributed by atoms with Crippen LogP contribution in [-0.4, -0.2) is 5.11 Å². The van der Waals surface area contributed by atoms with Crippen LogP contribution in [0.25, 0.3) is 0 Å². The van der Waals surface area contributed by atoms with Gasteiger partial charge in [0.2, 0.25) is 0 Å². The highest BCUT2D eigenvalue weighted by Gasteiger charge is 2.05. The molecular weight excluding hydrogens is 395 g/mol. The lowest BCUT2D eigenvalue weighted by atomic mass is 10.2. The Hall–Kier alpha value is -0.590. The molecule has 0 atom stereocenters. The Kier molecular flexibility index (Phi) is 4.42. The van der Waals surface area contributed by atoms with E-state index in [-0.39, 0.29) is 6.61 Å². The summed E-state index contributed by atoms with van der Waals surface area (Å²) in [4.78, 5) is 0. The summed E-state index contributed by atoms with van der Waals surface area (Å²) in [5, 5.41) is 9.25. The summed E-state index contributed by atoms with van der Waals surface area (Å²) < 4.78 is 7.81. The molecule has 2 rings (SSSR count). The molecule has 2 aromatic carbocycles. The van der Waals surface area contributed by atoms with E-state index >= 15 is 0 Å². The first-order valence-electron chi connectivity index (χ1n) is 5.02. The van der Waals surface area contributed by atoms with Crippen molar-refractivity contribution < 1.29 is 9.84 Å². The van der Waals surface area contributed by atoms with E-state index in [4.69, 9.17) is 4.74 Å². The summed E-state index contributed by atoms with van der Waals surface area (Å²) in [6, 6.07) is 13.4. The van der Waals surface area contributed by atoms with Crippen LogP contribution in [0.1, 0.15) is 5.56 Å². The third kappa shape index (κ3) is 3.43. The molecule has 0 radical (unpaired) electrons. The molecule has 17 heavy (non-hydrogen) atoms. The second-order valence-electron chi connectivity index (χ2n) is 3.47. The smallest absolute Gasteiger partial charge is 0.134 e. The maximum Gasteiger partial charge on any atom is 0.134 e. The van der Waals surface area contributed by atoms with Gasteiger partial charge in [0.1, 0.15) is 11.5 Å². The van der Waals surface area contributed by atoms with E-state index in [0.717, 1.165) is 19.4 Å². The Morgan fingerprint density at radius 2 is 2.00 bits per heavy atom. The first-order valence-corrected chi connectivity index (χ1v) is 6.89. The minimum atomic E-state index is -0.0352. The van der Waals surface area contributed by atoms with E-state index in [1.54, 1.807) is 0 Å². The fourth-order valence-electron chi connectivity index (χ4n) is 1.41. The van der Waals surface area contributed by atoms with Gasteiger partial charge < -0.3 is 9.84 Å². The van der Waals surface area contributed by atoms with Gasteiger partial charge in [-0.1, -0.05) is 28.1 Å². The minimum absolute atomic E-state index is 0.0352. The topological polar surface area (TPSA) is 29.5 Å². The van der Waals surface area contributed by atoms with Gasteiger partial charge in [0, 0.05) is 13.6 Å². The first kappa shape index (κ1) is 12.9. The van der Waals surface area contributed by atoms with Crippen LogP contribution in [0, 0.1) is 3.57 Å². The largest absolute Gasteiger partial charge is 0.457 e. The molecule has 2 aromatic rings. The molecule has 0 saturated carbocycles. The molecule has 0 aromatic heterocycles. The highest BCUT2D eigenvalue weighted by molar-refractivity contribution is 14.1. The Morgan fingerprint density at radius 1 is 1.18 bits per heavy atom. The van der Waals surface area contributed by atoms with Crippen molar-refractivity contribution in [3.05, 3.63) is 56.1 Å². The van der Waals surface area contributed by atoms with Gasteiger partial charge in [0.25, 0.3) is 0 Å². The number of rotatable bonds is 3. The van der Waals surface area contributed by atoms with Gasteiger partial charge in [-0.2, -0.15) is 0 Å². The molecule has 0 aliphatic rings. The van der Waals surface area contributed by atoms with E-state index in [9.17, 15) is 5.11 Å². The van der Waals surface area contributed by atoms with Crippen molar-refractivity contribution in [1.82, 2.24) is 0 Å². The quantitative estimate of drug-likeness (QED) is 0.771. The van der Waals surface area contributed by atoms with Gasteiger partial charge in [-0.25, -0.2) is 0 Å². The SMILES string of the molecule is OCc1ccc(Br)cc1Oc1cccc(I)c1. The van der Waals surface area contributed by atoms with Crippen LogP contribution in [0.5, 0.6) is 11.5 Å². The Labute approximate surface area is 122 Å². The van der Waals surface area contributed by atoms with Crippen molar-refractivity contribution in [2.45, 2.75) is 6.61 Å². The Morgan fingerprint density at radius 3 is 2.71 bits per heavy atom. The summed E-state index contributed by atoms with van der Waals surface area (Å²) in [7, 11) is 0. The molecule has 0 spiro atoms. The fraction of sp³-hybridized carbons (Fsp3) is 0.0769. The van der Waals surface area contributed by atoms with Crippen molar-refractivity contribution in [2.24, 2.45) is 0 Å². The Bertz CT molecular complexity index is 529. The predicted octanol–water partition coefficient (Wildman–Crippen LogP) is 4.34. The molecule has 0 aliphatic heterocycles. The molecule has 0 unspecified atom stereocenters. The van der Waals surface area contributed by atoms with E-state index in [0.29, 0.717) is 5.75 Å². The maximum atomic E-state index is 9.25. The molecule has 0 heterocycles. The molecule has 0 aliphatic carbocycles. The number of aliphatic hydroxyl groups excluding tert-OH is 1. The first-order chi connectivity index (χ1) is 8.19. The molecule has 2 nitrogen and oxygen atoms in total. The van der Waals surface area contributed by atoms with Gasteiger partial charge in [-0.3, -0.25) is 0 Å². The summed E-state index contributed by atoms with van der Waals surface area (Å²) >= 11 is 5.62. The zero-order valence-electron chi connectivity index (χ0n) is 8.86. The second-order valence-corrected chi connectivity index (χ2v) is 5.63. The van der Waals surface area contributed by atoms with Gasteiger partial charge in [-0.15, -0.1) is 0 Å². The van der Waals surface area contributed by atoms with Crippen LogP contribution >= 0.6 is 38.5 Å². The lowest BCUT2D eigenvalue weighted by Gasteiger charge is -2.10. The van der Waals surface area contributed by atoms with Gasteiger partial charge in [-0.05, 0) is 52.9 Å². The normalized spacial score (nSPS) is 10.3. The van der Waals surface area contributed by atoms with Crippen molar-refractivity contribution in [1.29, 1.82) is 0 Å². The van der Waals surface area contributed by atoms with Gasteiger partial charge in [0.15, 0.2) is 0 Å². The molecule has 0 fully saturated rings. The van der Waals surface area contributed by atoms with Crippen LogP contribution in [0.3, 0.4) is 0 Å². The second kappa shape index (κ2) is 5.84. The van der Waals surface area contributed by atoms with E-state index in [1.807, 2.05) is 42.5 Å². The Balaban J connectivity index is 2.32. The lowest BCUT2D eigenvalue weighted by molar-refractivity contribution is 0.276. The van der Waals surface area contributed by atoms with Crippen molar-refractivity contribution in [3.8, 4) is 11.5 Å². The zero-order valence-corrected chi connectivity index (χ0v) is 12.6. The minimum Gasteiger partial charge on any atom is -0.457 e. The third-order valence-corrected chi connectivity index (χ3v) is 3.39. The average molecular weight is 405 g/mol. The van der Waals surface area contributed by atoms with E-state index in [1.165, 1.54) is 0 Å². The molecule has 1 N–H and O–H groups in total. The average Bonchev–Trinajstić information content (AvgIpc) is 2.29. The zero-order chi connectivity index (χ0) is 12.3. The summed E-state index contributed by atoms with van der Waals surface area (Å²) in [6.45, 7) is -0.0352. The predicted molar refractivity (Wildman–Crippen MR) is 79.3 cm³/mol. The van der Waals surface area contributed by atoms with Gasteiger partial charge >= 0.3 is 0 Å². The molecule has 0 amide bonds. The molecular formula is C13H10BrIO2. The monoisotopic (exact) mass is 404 g/mol. The van der Waals surface area contributed by atoms with Crippen LogP contribution in [-0.2, 0) is 6.61 Å². The fourth-order valence-corrected chi connectivity index (χ4v) is 2.27. The third-order valence-electron chi connectivity index (χ3n) is 2.22. The van der Waals surface area contributed by atoms with Crippen molar-refractivity contribution in [2.75, 3.05) is 0 Å². The molecule has 0 bridgehead atoms. The van der Waals surface area contributed by atoms with Crippen LogP contribution in [0.4, 0.5) is 0 Å². The number of aliphatic hydroxyl groups is 1. The summed E-state index contributed by atoms with van der Waals surface area (Å²) in [5.74, 6) is 1.44. The van der Waals surface area contributed by atoms with Crippen molar-refractivity contribution >= 4 is 38.5 Å². The number of hydrogen-bond acceptors (Lipinski definition) is 2. The standard InChI is InChI=1S/C13H10BrIO2/c14-10-5-4-9(8-16)13(6-10)17-12-3-1-2-11(15)7-12/h1-7,16H,8H2. The number of hydrogen-bond donors (Lipinski definition) is 1. The van der Waals surface area contributed by atoms with Crippen molar-refractivity contribution in [3.63, 3.8) is 0 Å². The van der Waals surface area contributed by atoms with Crippen LogP contribution in [0.2, 0.25) is 0 Å². The lowest BCUT2D eigenvalue weighted by Crippen LogP contribution is -1.92. The highest BCUT2D eigenvalue weighted by atomic mass is 127. The van der Waals surface area contributed by atoms with Gasteiger partial charge in [0.05, 0.1) is 6.61 Å². The van der Waals surface area contributed by atoms with Crippen LogP contribution in [0.15, 0.2) is 46.9 Å². The molecule has 88 valence electrons. The highest BCUT2D eigenvalue weighted by Crippen LogP contribution is 2.29. The van der Waals surface area contributed by atoms with E-state index < -0.39 is 0 Å². The maximum absolute atomic E-state index is 9.25. The van der Waals surface area contributed by atoms with E-state index in [2.05, 4.69) is 38.5 Å².